The zero-order valence-electron chi connectivity index (χ0n) is 15.0. The zero-order valence-corrected chi connectivity index (χ0v) is 15.8. The number of hydrogen-bond donors (Lipinski definition) is 1. The number of ether oxygens (including phenoxy) is 2. The molecule has 1 aliphatic carbocycles. The van der Waals surface area contributed by atoms with Crippen molar-refractivity contribution in [3.8, 4) is 11.5 Å². The lowest BCUT2D eigenvalue weighted by Crippen LogP contribution is -2.42. The summed E-state index contributed by atoms with van der Waals surface area (Å²) in [6.45, 7) is 2.45. The van der Waals surface area contributed by atoms with Gasteiger partial charge < -0.3 is 19.7 Å². The van der Waals surface area contributed by atoms with Crippen LogP contribution in [0.15, 0.2) is 18.2 Å². The number of anilines is 1. The normalized spacial score (nSPS) is 27.2. The number of amides is 2. The third-order valence-electron chi connectivity index (χ3n) is 5.36. The van der Waals surface area contributed by atoms with Crippen molar-refractivity contribution in [2.75, 3.05) is 30.2 Å². The highest BCUT2D eigenvalue weighted by Crippen LogP contribution is 2.42. The lowest BCUT2D eigenvalue weighted by molar-refractivity contribution is -0.135. The van der Waals surface area contributed by atoms with Crippen molar-refractivity contribution >= 4 is 27.3 Å². The van der Waals surface area contributed by atoms with E-state index in [1.54, 1.807) is 23.1 Å². The van der Waals surface area contributed by atoms with E-state index in [9.17, 15) is 18.0 Å². The molecule has 4 rings (SSSR count). The number of carbonyl (C=O) groups is 2. The topological polar surface area (TPSA) is 102 Å². The van der Waals surface area contributed by atoms with E-state index in [1.807, 2.05) is 6.92 Å². The fourth-order valence-electron chi connectivity index (χ4n) is 3.80. The van der Waals surface area contributed by atoms with Gasteiger partial charge in [0, 0.05) is 24.3 Å². The van der Waals surface area contributed by atoms with Gasteiger partial charge in [0.1, 0.15) is 0 Å². The van der Waals surface area contributed by atoms with E-state index >= 15 is 0 Å². The second kappa shape index (κ2) is 6.70. The SMILES string of the molecule is CCN(C(=O)C1CC1C(=O)Nc1ccc2c(c1)OCO2)C1CCS(=O)(=O)C1. The molecule has 2 aliphatic heterocycles. The second-order valence-electron chi connectivity index (χ2n) is 7.19. The summed E-state index contributed by atoms with van der Waals surface area (Å²) in [5.74, 6) is 0.284. The first kappa shape index (κ1) is 18.1. The molecule has 2 heterocycles. The monoisotopic (exact) mass is 394 g/mol. The van der Waals surface area contributed by atoms with E-state index in [0.717, 1.165) is 0 Å². The molecule has 3 unspecified atom stereocenters. The number of fused-ring (bicyclic) bond motifs is 1. The Kier molecular flexibility index (Phi) is 4.49. The van der Waals surface area contributed by atoms with Crippen LogP contribution in [0.1, 0.15) is 19.8 Å². The van der Waals surface area contributed by atoms with Gasteiger partial charge in [0.2, 0.25) is 18.6 Å². The maximum atomic E-state index is 12.8. The van der Waals surface area contributed by atoms with Crippen molar-refractivity contribution in [2.45, 2.75) is 25.8 Å². The Hall–Kier alpha value is -2.29. The van der Waals surface area contributed by atoms with Crippen molar-refractivity contribution in [1.82, 2.24) is 4.90 Å². The smallest absolute Gasteiger partial charge is 0.231 e. The van der Waals surface area contributed by atoms with Crippen LogP contribution >= 0.6 is 0 Å². The number of rotatable bonds is 5. The summed E-state index contributed by atoms with van der Waals surface area (Å²) < 4.78 is 33.9. The summed E-state index contributed by atoms with van der Waals surface area (Å²) in [6, 6.07) is 4.88. The molecule has 2 fully saturated rings. The number of nitrogens with zero attached hydrogens (tertiary/aromatic N) is 1. The Bertz CT molecular complexity index is 884. The number of benzene rings is 1. The van der Waals surface area contributed by atoms with Crippen LogP contribution in [0, 0.1) is 11.8 Å². The second-order valence-corrected chi connectivity index (χ2v) is 9.42. The number of carbonyl (C=O) groups excluding carboxylic acids is 2. The predicted octanol–water partition coefficient (Wildman–Crippen LogP) is 1.03. The van der Waals surface area contributed by atoms with Gasteiger partial charge in [0.15, 0.2) is 21.3 Å². The summed E-state index contributed by atoms with van der Waals surface area (Å²) in [7, 11) is -3.06. The summed E-state index contributed by atoms with van der Waals surface area (Å²) in [4.78, 5) is 26.9. The maximum Gasteiger partial charge on any atom is 0.231 e. The molecule has 0 bridgehead atoms. The molecule has 2 amide bonds. The molecule has 3 atom stereocenters. The molecular formula is C18H22N2O6S. The summed E-state index contributed by atoms with van der Waals surface area (Å²) in [5, 5.41) is 2.82. The lowest BCUT2D eigenvalue weighted by atomic mass is 10.2. The number of hydrogen-bond acceptors (Lipinski definition) is 6. The van der Waals surface area contributed by atoms with E-state index in [-0.39, 0.29) is 48.0 Å². The molecule has 8 nitrogen and oxygen atoms in total. The third-order valence-corrected chi connectivity index (χ3v) is 7.11. The van der Waals surface area contributed by atoms with E-state index in [0.29, 0.717) is 36.6 Å². The molecule has 1 N–H and O–H groups in total. The molecule has 0 aromatic heterocycles. The highest BCUT2D eigenvalue weighted by molar-refractivity contribution is 7.91. The van der Waals surface area contributed by atoms with E-state index in [2.05, 4.69) is 5.32 Å². The zero-order chi connectivity index (χ0) is 19.2. The van der Waals surface area contributed by atoms with Gasteiger partial charge in [-0.2, -0.15) is 0 Å². The Morgan fingerprint density at radius 1 is 1.22 bits per heavy atom. The Morgan fingerprint density at radius 3 is 2.70 bits per heavy atom. The van der Waals surface area contributed by atoms with Crippen molar-refractivity contribution in [3.05, 3.63) is 18.2 Å². The van der Waals surface area contributed by atoms with Gasteiger partial charge in [-0.1, -0.05) is 0 Å². The first-order valence-corrected chi connectivity index (χ1v) is 10.9. The fraction of sp³-hybridized carbons (Fsp3) is 0.556. The third kappa shape index (κ3) is 3.60. The van der Waals surface area contributed by atoms with Crippen LogP contribution in [-0.2, 0) is 19.4 Å². The Morgan fingerprint density at radius 2 is 2.00 bits per heavy atom. The highest BCUT2D eigenvalue weighted by Gasteiger charge is 2.50. The Labute approximate surface area is 157 Å². The lowest BCUT2D eigenvalue weighted by Gasteiger charge is -2.27. The molecule has 1 saturated heterocycles. The minimum atomic E-state index is -3.06. The van der Waals surface area contributed by atoms with Crippen molar-refractivity contribution in [3.63, 3.8) is 0 Å². The van der Waals surface area contributed by atoms with Crippen LogP contribution in [0.2, 0.25) is 0 Å². The van der Waals surface area contributed by atoms with Crippen LogP contribution in [0.3, 0.4) is 0 Å². The summed E-state index contributed by atoms with van der Waals surface area (Å²) in [6.07, 6.45) is 0.966. The molecule has 27 heavy (non-hydrogen) atoms. The summed E-state index contributed by atoms with van der Waals surface area (Å²) in [5.41, 5.74) is 0.594. The molecule has 0 radical (unpaired) electrons. The molecule has 3 aliphatic rings. The molecular weight excluding hydrogens is 372 g/mol. The van der Waals surface area contributed by atoms with Crippen LogP contribution in [0.25, 0.3) is 0 Å². The van der Waals surface area contributed by atoms with E-state index in [1.165, 1.54) is 0 Å². The van der Waals surface area contributed by atoms with Crippen LogP contribution in [-0.4, -0.2) is 56.0 Å². The van der Waals surface area contributed by atoms with Crippen molar-refractivity contribution in [1.29, 1.82) is 0 Å². The van der Waals surface area contributed by atoms with Gasteiger partial charge in [0.05, 0.1) is 23.3 Å². The molecule has 0 spiro atoms. The van der Waals surface area contributed by atoms with Gasteiger partial charge in [-0.3, -0.25) is 9.59 Å². The van der Waals surface area contributed by atoms with Gasteiger partial charge in [-0.15, -0.1) is 0 Å². The predicted molar refractivity (Wildman–Crippen MR) is 97.2 cm³/mol. The van der Waals surface area contributed by atoms with Gasteiger partial charge in [-0.25, -0.2) is 8.42 Å². The van der Waals surface area contributed by atoms with Crippen molar-refractivity contribution in [2.24, 2.45) is 11.8 Å². The molecule has 9 heteroatoms. The quantitative estimate of drug-likeness (QED) is 0.800. The van der Waals surface area contributed by atoms with Crippen LogP contribution in [0.5, 0.6) is 11.5 Å². The minimum Gasteiger partial charge on any atom is -0.454 e. The van der Waals surface area contributed by atoms with Gasteiger partial charge in [0.25, 0.3) is 0 Å². The maximum absolute atomic E-state index is 12.8. The first-order valence-electron chi connectivity index (χ1n) is 9.09. The van der Waals surface area contributed by atoms with Crippen molar-refractivity contribution < 1.29 is 27.5 Å². The van der Waals surface area contributed by atoms with Crippen LogP contribution in [0.4, 0.5) is 5.69 Å². The number of nitrogens with one attached hydrogen (secondary N) is 1. The molecule has 1 aromatic rings. The first-order chi connectivity index (χ1) is 12.9. The van der Waals surface area contributed by atoms with E-state index in [4.69, 9.17) is 9.47 Å². The number of sulfone groups is 1. The largest absolute Gasteiger partial charge is 0.454 e. The van der Waals surface area contributed by atoms with Gasteiger partial charge >= 0.3 is 0 Å². The average Bonchev–Trinajstić information content (AvgIpc) is 3.17. The highest BCUT2D eigenvalue weighted by atomic mass is 32.2. The van der Waals surface area contributed by atoms with Gasteiger partial charge in [-0.05, 0) is 31.9 Å². The summed E-state index contributed by atoms with van der Waals surface area (Å²) >= 11 is 0. The fourth-order valence-corrected chi connectivity index (χ4v) is 5.53. The molecule has 146 valence electrons. The Balaban J connectivity index is 1.36. The molecule has 1 aromatic carbocycles. The van der Waals surface area contributed by atoms with Crippen LogP contribution < -0.4 is 14.8 Å². The average molecular weight is 394 g/mol. The van der Waals surface area contributed by atoms with E-state index < -0.39 is 9.84 Å². The minimum absolute atomic E-state index is 0.0212. The molecule has 1 saturated carbocycles. The standard InChI is InChI=1S/C18H22N2O6S/c1-2-20(12-5-6-27(23,24)9-12)18(22)14-8-13(14)17(21)19-11-3-4-15-16(7-11)26-10-25-15/h3-4,7,12-14H,2,5-6,8-10H2,1H3,(H,19,21).